The number of hydrogen-bond donors (Lipinski definition) is 1. The van der Waals surface area contributed by atoms with Crippen LogP contribution in [0.15, 0.2) is 18.2 Å². The van der Waals surface area contributed by atoms with Gasteiger partial charge in [0, 0.05) is 50.8 Å². The molecule has 3 heterocycles. The number of nitrogens with one attached hydrogen (secondary N) is 1. The molecule has 3 aliphatic rings. The van der Waals surface area contributed by atoms with Gasteiger partial charge in [-0.05, 0) is 50.4 Å². The highest BCUT2D eigenvalue weighted by Crippen LogP contribution is 2.36. The molecule has 1 aromatic rings. The first kappa shape index (κ1) is 19.5. The summed E-state index contributed by atoms with van der Waals surface area (Å²) in [5.74, 6) is -0.191. The first-order chi connectivity index (χ1) is 13.5. The van der Waals surface area contributed by atoms with E-state index in [1.165, 1.54) is 38.9 Å². The monoisotopic (exact) mass is 390 g/mol. The fourth-order valence-corrected chi connectivity index (χ4v) is 5.08. The Morgan fingerprint density at radius 1 is 1.14 bits per heavy atom. The van der Waals surface area contributed by atoms with Gasteiger partial charge in [-0.3, -0.25) is 4.90 Å². The van der Waals surface area contributed by atoms with Gasteiger partial charge in [0.1, 0.15) is 0 Å². The lowest BCUT2D eigenvalue weighted by molar-refractivity contribution is 0.0476. The summed E-state index contributed by atoms with van der Waals surface area (Å²) in [6.07, 6.45) is 5.21. The molecular weight excluding hydrogens is 359 g/mol. The van der Waals surface area contributed by atoms with E-state index in [1.54, 1.807) is 12.1 Å². The van der Waals surface area contributed by atoms with Crippen molar-refractivity contribution in [2.24, 2.45) is 0 Å². The highest BCUT2D eigenvalue weighted by atomic mass is 19.1. The molecule has 0 saturated carbocycles. The van der Waals surface area contributed by atoms with Gasteiger partial charge in [0.05, 0.1) is 7.11 Å². The van der Waals surface area contributed by atoms with E-state index < -0.39 is 5.82 Å². The number of carbonyl (C=O) groups excluding carboxylic acids is 1. The minimum absolute atomic E-state index is 0.0701. The number of benzene rings is 1. The number of hydrogen-bond acceptors (Lipinski definition) is 4. The fraction of sp³-hybridized carbons (Fsp3) is 0.667. The van der Waals surface area contributed by atoms with Crippen LogP contribution in [0.25, 0.3) is 0 Å². The van der Waals surface area contributed by atoms with Crippen LogP contribution in [0.3, 0.4) is 0 Å². The molecule has 7 heteroatoms. The van der Waals surface area contributed by atoms with Crippen molar-refractivity contribution in [2.75, 3.05) is 40.3 Å². The number of urea groups is 1. The summed E-state index contributed by atoms with van der Waals surface area (Å²) >= 11 is 0. The molecule has 0 spiro atoms. The van der Waals surface area contributed by atoms with Crippen molar-refractivity contribution in [3.05, 3.63) is 29.6 Å². The average Bonchev–Trinajstić information content (AvgIpc) is 2.92. The lowest BCUT2D eigenvalue weighted by Crippen LogP contribution is -2.57. The quantitative estimate of drug-likeness (QED) is 0.857. The molecule has 0 aromatic heterocycles. The van der Waals surface area contributed by atoms with Crippen molar-refractivity contribution in [2.45, 2.75) is 50.4 Å². The molecule has 2 amide bonds. The van der Waals surface area contributed by atoms with Crippen LogP contribution in [0.4, 0.5) is 9.18 Å². The second-order valence-electron chi connectivity index (χ2n) is 8.33. The number of nitrogens with zero attached hydrogens (tertiary/aromatic N) is 3. The van der Waals surface area contributed by atoms with Gasteiger partial charge in [0.2, 0.25) is 0 Å². The molecule has 0 radical (unpaired) electrons. The zero-order valence-corrected chi connectivity index (χ0v) is 16.9. The van der Waals surface area contributed by atoms with E-state index in [0.717, 1.165) is 43.8 Å². The summed E-state index contributed by atoms with van der Waals surface area (Å²) in [5.41, 5.74) is 0.729. The number of piperidine rings is 1. The van der Waals surface area contributed by atoms with Gasteiger partial charge < -0.3 is 19.9 Å². The van der Waals surface area contributed by atoms with Crippen molar-refractivity contribution >= 4 is 6.03 Å². The van der Waals surface area contributed by atoms with Crippen LogP contribution in [0.5, 0.6) is 5.75 Å². The molecule has 3 aliphatic heterocycles. The van der Waals surface area contributed by atoms with Crippen molar-refractivity contribution in [3.8, 4) is 5.75 Å². The number of amides is 2. The van der Waals surface area contributed by atoms with Crippen LogP contribution in [-0.2, 0) is 6.54 Å². The van der Waals surface area contributed by atoms with Crippen LogP contribution in [0.2, 0.25) is 0 Å². The molecule has 2 bridgehead atoms. The average molecular weight is 391 g/mol. The molecule has 4 rings (SSSR count). The minimum Gasteiger partial charge on any atom is -0.494 e. The predicted molar refractivity (Wildman–Crippen MR) is 106 cm³/mol. The van der Waals surface area contributed by atoms with Gasteiger partial charge in [0.25, 0.3) is 0 Å². The standard InChI is InChI=1S/C21H31FN4O2/c1-24-16-4-5-17(24)13-18(12-16)25-7-9-26(10-8-25)21(27)23-14-15-3-6-20(28-2)19(22)11-15/h3,6,11,16-18H,4-5,7-10,12-14H2,1-2H3,(H,23,27). The molecule has 2 atom stereocenters. The Hall–Kier alpha value is -1.86. The van der Waals surface area contributed by atoms with E-state index >= 15 is 0 Å². The highest BCUT2D eigenvalue weighted by molar-refractivity contribution is 5.74. The third-order valence-electron chi connectivity index (χ3n) is 6.85. The molecule has 154 valence electrons. The summed E-state index contributed by atoms with van der Waals surface area (Å²) in [5, 5.41) is 2.91. The van der Waals surface area contributed by atoms with Crippen LogP contribution in [0.1, 0.15) is 31.2 Å². The van der Waals surface area contributed by atoms with Gasteiger partial charge in [-0.2, -0.15) is 0 Å². The summed E-state index contributed by atoms with van der Waals surface area (Å²) < 4.78 is 18.7. The summed E-state index contributed by atoms with van der Waals surface area (Å²) in [6, 6.07) is 6.86. The zero-order chi connectivity index (χ0) is 19.7. The number of rotatable bonds is 4. The van der Waals surface area contributed by atoms with Crippen LogP contribution in [-0.4, -0.2) is 79.2 Å². The lowest BCUT2D eigenvalue weighted by atomic mass is 9.96. The maximum absolute atomic E-state index is 13.8. The number of fused-ring (bicyclic) bond motifs is 2. The van der Waals surface area contributed by atoms with Crippen molar-refractivity contribution in [1.29, 1.82) is 0 Å². The van der Waals surface area contributed by atoms with Gasteiger partial charge >= 0.3 is 6.03 Å². The summed E-state index contributed by atoms with van der Waals surface area (Å²) in [6.45, 7) is 3.71. The topological polar surface area (TPSA) is 48.1 Å². The van der Waals surface area contributed by atoms with E-state index in [-0.39, 0.29) is 11.8 Å². The third kappa shape index (κ3) is 3.96. The molecule has 0 aliphatic carbocycles. The molecule has 3 saturated heterocycles. The van der Waals surface area contributed by atoms with Crippen LogP contribution < -0.4 is 10.1 Å². The first-order valence-electron chi connectivity index (χ1n) is 10.4. The Kier molecular flexibility index (Phi) is 5.73. The van der Waals surface area contributed by atoms with Gasteiger partial charge in [-0.1, -0.05) is 6.07 Å². The Morgan fingerprint density at radius 3 is 2.43 bits per heavy atom. The molecule has 2 unspecified atom stereocenters. The number of methoxy groups -OCH3 is 1. The second kappa shape index (κ2) is 8.25. The normalized spacial score (nSPS) is 28.4. The number of ether oxygens (including phenoxy) is 1. The lowest BCUT2D eigenvalue weighted by Gasteiger charge is -2.44. The van der Waals surface area contributed by atoms with Gasteiger partial charge in [0.15, 0.2) is 11.6 Å². The smallest absolute Gasteiger partial charge is 0.317 e. The molecule has 3 fully saturated rings. The fourth-order valence-electron chi connectivity index (χ4n) is 5.08. The summed E-state index contributed by atoms with van der Waals surface area (Å²) in [7, 11) is 3.71. The molecular formula is C21H31FN4O2. The van der Waals surface area contributed by atoms with E-state index in [9.17, 15) is 9.18 Å². The third-order valence-corrected chi connectivity index (χ3v) is 6.85. The largest absolute Gasteiger partial charge is 0.494 e. The molecule has 28 heavy (non-hydrogen) atoms. The first-order valence-corrected chi connectivity index (χ1v) is 10.4. The Labute approximate surface area is 166 Å². The van der Waals surface area contributed by atoms with Crippen LogP contribution >= 0.6 is 0 Å². The Morgan fingerprint density at radius 2 is 1.82 bits per heavy atom. The van der Waals surface area contributed by atoms with E-state index in [4.69, 9.17) is 4.74 Å². The van der Waals surface area contributed by atoms with E-state index in [0.29, 0.717) is 12.6 Å². The summed E-state index contributed by atoms with van der Waals surface area (Å²) in [4.78, 5) is 19.5. The maximum Gasteiger partial charge on any atom is 0.317 e. The predicted octanol–water partition coefficient (Wildman–Crippen LogP) is 2.29. The van der Waals surface area contributed by atoms with Gasteiger partial charge in [-0.25, -0.2) is 9.18 Å². The van der Waals surface area contributed by atoms with Crippen molar-refractivity contribution in [1.82, 2.24) is 20.0 Å². The molecule has 1 aromatic carbocycles. The van der Waals surface area contributed by atoms with Crippen LogP contribution in [0, 0.1) is 5.82 Å². The maximum atomic E-state index is 13.8. The Balaban J connectivity index is 1.23. The Bertz CT molecular complexity index is 694. The van der Waals surface area contributed by atoms with E-state index in [1.807, 2.05) is 4.90 Å². The zero-order valence-electron chi connectivity index (χ0n) is 16.9. The number of halogens is 1. The molecule has 1 N–H and O–H groups in total. The van der Waals surface area contributed by atoms with Crippen molar-refractivity contribution in [3.63, 3.8) is 0 Å². The molecule has 6 nitrogen and oxygen atoms in total. The van der Waals surface area contributed by atoms with Gasteiger partial charge in [-0.15, -0.1) is 0 Å². The minimum atomic E-state index is -0.407. The number of carbonyl (C=O) groups is 1. The SMILES string of the molecule is COc1ccc(CNC(=O)N2CCN(C3CC4CCC(C3)N4C)CC2)cc1F. The van der Waals surface area contributed by atoms with Crippen molar-refractivity contribution < 1.29 is 13.9 Å². The number of piperazine rings is 1. The van der Waals surface area contributed by atoms with E-state index in [2.05, 4.69) is 22.2 Å². The second-order valence-corrected chi connectivity index (χ2v) is 8.33. The highest BCUT2D eigenvalue weighted by Gasteiger charge is 2.40.